The second kappa shape index (κ2) is 4.45. The zero-order valence-electron chi connectivity index (χ0n) is 12.5. The summed E-state index contributed by atoms with van der Waals surface area (Å²) in [7, 11) is 2.01. The average Bonchev–Trinajstić information content (AvgIpc) is 2.66. The van der Waals surface area contributed by atoms with Crippen molar-refractivity contribution in [2.75, 3.05) is 6.26 Å². The minimum Gasteiger partial charge on any atom is -0.332 e. The van der Waals surface area contributed by atoms with E-state index >= 15 is 0 Å². The molecule has 0 N–H and O–H groups in total. The fourth-order valence-electron chi connectivity index (χ4n) is 2.24. The molecule has 1 aliphatic heterocycles. The number of pyridine rings is 1. The van der Waals surface area contributed by atoms with Crippen LogP contribution in [0.3, 0.4) is 0 Å². The van der Waals surface area contributed by atoms with E-state index in [2.05, 4.69) is 55.1 Å². The third-order valence-corrected chi connectivity index (χ3v) is 4.15. The van der Waals surface area contributed by atoms with Gasteiger partial charge in [-0.25, -0.2) is 9.97 Å². The van der Waals surface area contributed by atoms with Gasteiger partial charge < -0.3 is 4.57 Å². The van der Waals surface area contributed by atoms with Crippen molar-refractivity contribution in [1.29, 1.82) is 0 Å². The van der Waals surface area contributed by atoms with Crippen LogP contribution in [0.1, 0.15) is 26.5 Å². The fraction of sp³-hybridized carbons (Fsp3) is 0.400. The molecule has 5 heteroatoms. The van der Waals surface area contributed by atoms with Crippen LogP contribution in [0.2, 0.25) is 0 Å². The van der Waals surface area contributed by atoms with E-state index < -0.39 is 0 Å². The summed E-state index contributed by atoms with van der Waals surface area (Å²) in [5.41, 5.74) is 4.41. The number of fused-ring (bicyclic) bond motifs is 1. The van der Waals surface area contributed by atoms with Gasteiger partial charge in [-0.2, -0.15) is 4.58 Å². The number of rotatable bonds is 2. The minimum atomic E-state index is 0.126. The van der Waals surface area contributed by atoms with Crippen LogP contribution in [0.25, 0.3) is 16.6 Å². The van der Waals surface area contributed by atoms with Crippen LogP contribution in [0, 0.1) is 0 Å². The van der Waals surface area contributed by atoms with Crippen molar-refractivity contribution in [3.8, 4) is 0 Å². The lowest BCUT2D eigenvalue weighted by Gasteiger charge is -2.20. The van der Waals surface area contributed by atoms with E-state index in [9.17, 15) is 0 Å². The molecule has 0 aliphatic carbocycles. The normalized spacial score (nSPS) is 15.1. The summed E-state index contributed by atoms with van der Waals surface area (Å²) in [6.07, 6.45) is 8.21. The molecule has 0 bridgehead atoms. The second-order valence-corrected chi connectivity index (χ2v) is 6.83. The SMILES string of the molecule is CSc1nc(C2=C[N+](C(C)(C)C)=C2)cc2ncn(C)c12. The van der Waals surface area contributed by atoms with E-state index in [4.69, 9.17) is 4.98 Å². The lowest BCUT2D eigenvalue weighted by Crippen LogP contribution is -2.34. The highest BCUT2D eigenvalue weighted by Crippen LogP contribution is 2.28. The Morgan fingerprint density at radius 1 is 1.30 bits per heavy atom. The van der Waals surface area contributed by atoms with Crippen LogP contribution in [0.5, 0.6) is 0 Å². The van der Waals surface area contributed by atoms with Crippen molar-refractivity contribution in [2.45, 2.75) is 31.3 Å². The molecule has 20 heavy (non-hydrogen) atoms. The Balaban J connectivity index is 2.03. The number of aromatic nitrogens is 3. The van der Waals surface area contributed by atoms with E-state index in [0.29, 0.717) is 0 Å². The van der Waals surface area contributed by atoms with Crippen molar-refractivity contribution < 1.29 is 4.58 Å². The predicted molar refractivity (Wildman–Crippen MR) is 84.3 cm³/mol. The molecule has 0 amide bonds. The number of hydrogen-bond acceptors (Lipinski definition) is 3. The van der Waals surface area contributed by atoms with Gasteiger partial charge in [-0.3, -0.25) is 0 Å². The molecule has 2 aromatic rings. The van der Waals surface area contributed by atoms with Crippen LogP contribution in [-0.2, 0) is 7.05 Å². The molecule has 0 unspecified atom stereocenters. The Morgan fingerprint density at radius 2 is 2.00 bits per heavy atom. The highest BCUT2D eigenvalue weighted by atomic mass is 32.2. The summed E-state index contributed by atoms with van der Waals surface area (Å²) in [5.74, 6) is 0. The Hall–Kier alpha value is -1.62. The highest BCUT2D eigenvalue weighted by molar-refractivity contribution is 7.98. The Morgan fingerprint density at radius 3 is 2.60 bits per heavy atom. The topological polar surface area (TPSA) is 33.7 Å². The zero-order chi connectivity index (χ0) is 14.5. The summed E-state index contributed by atoms with van der Waals surface area (Å²) in [5, 5.41) is 1.03. The van der Waals surface area contributed by atoms with Crippen molar-refractivity contribution >= 4 is 34.6 Å². The molecule has 0 fully saturated rings. The highest BCUT2D eigenvalue weighted by Gasteiger charge is 2.31. The monoisotopic (exact) mass is 287 g/mol. The van der Waals surface area contributed by atoms with Crippen molar-refractivity contribution in [2.24, 2.45) is 7.05 Å². The van der Waals surface area contributed by atoms with Gasteiger partial charge in [-0.1, -0.05) is 0 Å². The molecule has 0 atom stereocenters. The largest absolute Gasteiger partial charge is 0.332 e. The minimum absolute atomic E-state index is 0.126. The van der Waals surface area contributed by atoms with E-state index in [0.717, 1.165) is 21.8 Å². The van der Waals surface area contributed by atoms with E-state index in [1.807, 2.05) is 17.9 Å². The third kappa shape index (κ3) is 2.06. The molecule has 0 radical (unpaired) electrons. The van der Waals surface area contributed by atoms with Crippen LogP contribution in [0.4, 0.5) is 0 Å². The summed E-state index contributed by atoms with van der Waals surface area (Å²) in [4.78, 5) is 9.22. The van der Waals surface area contributed by atoms with Crippen LogP contribution in [0.15, 0.2) is 23.6 Å². The lowest BCUT2D eigenvalue weighted by molar-refractivity contribution is -0.536. The maximum Gasteiger partial charge on any atom is 0.184 e. The molecular formula is C15H19N4S+. The predicted octanol–water partition coefficient (Wildman–Crippen LogP) is 2.93. The van der Waals surface area contributed by atoms with Crippen LogP contribution >= 0.6 is 11.8 Å². The lowest BCUT2D eigenvalue weighted by atomic mass is 10.0. The summed E-state index contributed by atoms with van der Waals surface area (Å²) >= 11 is 1.66. The van der Waals surface area contributed by atoms with Gasteiger partial charge in [0.15, 0.2) is 18.0 Å². The Bertz CT molecular complexity index is 747. The first-order valence-corrected chi connectivity index (χ1v) is 7.84. The van der Waals surface area contributed by atoms with Crippen molar-refractivity contribution in [3.05, 3.63) is 24.3 Å². The van der Waals surface area contributed by atoms with Gasteiger partial charge in [0.1, 0.15) is 16.1 Å². The number of imidazole rings is 1. The number of allylic oxidation sites excluding steroid dienone is 1. The zero-order valence-corrected chi connectivity index (χ0v) is 13.3. The first kappa shape index (κ1) is 13.4. The molecule has 4 nitrogen and oxygen atoms in total. The van der Waals surface area contributed by atoms with Gasteiger partial charge in [0.25, 0.3) is 0 Å². The molecule has 3 rings (SSSR count). The first-order valence-electron chi connectivity index (χ1n) is 6.62. The number of aryl methyl sites for hydroxylation is 1. The molecule has 1 aliphatic rings. The van der Waals surface area contributed by atoms with Crippen LogP contribution in [-0.4, -0.2) is 37.1 Å². The molecule has 3 heterocycles. The Kier molecular flexibility index (Phi) is 2.97. The second-order valence-electron chi connectivity index (χ2n) is 6.03. The fourth-order valence-corrected chi connectivity index (χ4v) is 2.87. The van der Waals surface area contributed by atoms with Crippen molar-refractivity contribution in [3.63, 3.8) is 0 Å². The van der Waals surface area contributed by atoms with E-state index in [-0.39, 0.29) is 5.54 Å². The maximum absolute atomic E-state index is 4.77. The van der Waals surface area contributed by atoms with Gasteiger partial charge in [0.05, 0.1) is 17.5 Å². The molecule has 0 saturated carbocycles. The first-order chi connectivity index (χ1) is 9.40. The molecule has 0 saturated heterocycles. The molecule has 0 aromatic carbocycles. The van der Waals surface area contributed by atoms with Crippen molar-refractivity contribution in [1.82, 2.24) is 14.5 Å². The summed E-state index contributed by atoms with van der Waals surface area (Å²) in [6.45, 7) is 6.58. The van der Waals surface area contributed by atoms with Gasteiger partial charge in [-0.15, -0.1) is 11.8 Å². The molecule has 104 valence electrons. The molecule has 2 aromatic heterocycles. The van der Waals surface area contributed by atoms with Gasteiger partial charge in [0.2, 0.25) is 0 Å². The number of nitrogens with zero attached hydrogens (tertiary/aromatic N) is 4. The Labute approximate surface area is 123 Å². The smallest absolute Gasteiger partial charge is 0.184 e. The number of hydrogen-bond donors (Lipinski definition) is 0. The average molecular weight is 287 g/mol. The summed E-state index contributed by atoms with van der Waals surface area (Å²) in [6, 6.07) is 2.07. The van der Waals surface area contributed by atoms with Crippen LogP contribution < -0.4 is 0 Å². The molecule has 0 spiro atoms. The van der Waals surface area contributed by atoms with E-state index in [1.165, 1.54) is 5.57 Å². The number of thioether (sulfide) groups is 1. The summed E-state index contributed by atoms with van der Waals surface area (Å²) < 4.78 is 4.24. The molecular weight excluding hydrogens is 268 g/mol. The quantitative estimate of drug-likeness (QED) is 0.629. The standard InChI is InChI=1S/C15H19N4S/c1-15(2,3)19-7-10(8-19)11-6-12-13(14(17-11)20-5)18(4)9-16-12/h6-9H,1-5H3/q+1. The maximum atomic E-state index is 4.77. The van der Waals surface area contributed by atoms with Gasteiger partial charge in [-0.05, 0) is 12.3 Å². The van der Waals surface area contributed by atoms with E-state index in [1.54, 1.807) is 11.8 Å². The third-order valence-electron chi connectivity index (χ3n) is 3.48. The van der Waals surface area contributed by atoms with Gasteiger partial charge in [0, 0.05) is 27.8 Å². The van der Waals surface area contributed by atoms with Gasteiger partial charge >= 0.3 is 0 Å².